The van der Waals surface area contributed by atoms with Crippen molar-refractivity contribution in [3.05, 3.63) is 64.7 Å². The van der Waals surface area contributed by atoms with Crippen molar-refractivity contribution >= 4 is 23.2 Å². The molecule has 0 saturated heterocycles. The number of hydrogen-bond donors (Lipinski definition) is 1. The van der Waals surface area contributed by atoms with Gasteiger partial charge in [-0.25, -0.2) is 0 Å². The maximum Gasteiger partial charge on any atom is 0.224 e. The number of nitrogens with one attached hydrogen (secondary N) is 1. The Morgan fingerprint density at radius 1 is 0.808 bits per heavy atom. The first-order valence-corrected chi connectivity index (χ1v) is 9.24. The van der Waals surface area contributed by atoms with E-state index in [2.05, 4.69) is 12.2 Å². The van der Waals surface area contributed by atoms with E-state index in [9.17, 15) is 14.4 Å². The minimum Gasteiger partial charge on any atom is -0.326 e. The van der Waals surface area contributed by atoms with Crippen molar-refractivity contribution in [2.75, 3.05) is 5.32 Å². The summed E-state index contributed by atoms with van der Waals surface area (Å²) in [5.74, 6) is -0.383. The Kier molecular flexibility index (Phi) is 5.61. The van der Waals surface area contributed by atoms with Gasteiger partial charge in [0, 0.05) is 34.4 Å². The molecule has 0 unspecified atom stereocenters. The van der Waals surface area contributed by atoms with Crippen LogP contribution in [-0.4, -0.2) is 17.5 Å². The van der Waals surface area contributed by atoms with E-state index in [1.165, 1.54) is 12.8 Å². The Morgan fingerprint density at radius 2 is 1.42 bits per heavy atom. The average Bonchev–Trinajstić information content (AvgIpc) is 2.66. The van der Waals surface area contributed by atoms with Gasteiger partial charge in [0.1, 0.15) is 0 Å². The molecule has 134 valence electrons. The number of anilines is 1. The van der Waals surface area contributed by atoms with Gasteiger partial charge in [-0.3, -0.25) is 14.4 Å². The summed E-state index contributed by atoms with van der Waals surface area (Å²) in [7, 11) is 0. The lowest BCUT2D eigenvalue weighted by molar-refractivity contribution is -0.116. The molecule has 0 atom stereocenters. The molecule has 4 nitrogen and oxygen atoms in total. The van der Waals surface area contributed by atoms with Gasteiger partial charge < -0.3 is 5.32 Å². The number of hydrogen-bond acceptors (Lipinski definition) is 3. The van der Waals surface area contributed by atoms with Gasteiger partial charge in [-0.05, 0) is 24.6 Å². The number of fused-ring (bicyclic) bond motifs is 2. The van der Waals surface area contributed by atoms with Crippen LogP contribution in [0.1, 0.15) is 77.3 Å². The van der Waals surface area contributed by atoms with Crippen LogP contribution in [0.4, 0.5) is 5.69 Å². The van der Waals surface area contributed by atoms with E-state index in [0.717, 1.165) is 19.3 Å². The summed E-state index contributed by atoms with van der Waals surface area (Å²) in [6, 6.07) is 11.8. The lowest BCUT2D eigenvalue weighted by atomic mass is 9.84. The highest BCUT2D eigenvalue weighted by Gasteiger charge is 2.29. The molecule has 0 spiro atoms. The Balaban J connectivity index is 1.70. The van der Waals surface area contributed by atoms with E-state index in [1.807, 2.05) is 0 Å². The molecule has 0 radical (unpaired) electrons. The lowest BCUT2D eigenvalue weighted by Crippen LogP contribution is -2.21. The maximum absolute atomic E-state index is 12.7. The number of unbranched alkanes of at least 4 members (excludes halogenated alkanes) is 4. The molecule has 2 aromatic rings. The third-order valence-corrected chi connectivity index (χ3v) is 4.72. The number of amides is 1. The summed E-state index contributed by atoms with van der Waals surface area (Å²) in [4.78, 5) is 37.4. The monoisotopic (exact) mass is 349 g/mol. The van der Waals surface area contributed by atoms with Gasteiger partial charge in [0.05, 0.1) is 0 Å². The second-order valence-electron chi connectivity index (χ2n) is 6.68. The molecule has 0 aliphatic heterocycles. The Hall–Kier alpha value is -2.75. The van der Waals surface area contributed by atoms with Crippen molar-refractivity contribution in [2.24, 2.45) is 0 Å². The number of carbonyl (C=O) groups excluding carboxylic acids is 3. The summed E-state index contributed by atoms with van der Waals surface area (Å²) in [5, 5.41) is 2.84. The highest BCUT2D eigenvalue weighted by Crippen LogP contribution is 2.29. The van der Waals surface area contributed by atoms with Gasteiger partial charge in [-0.2, -0.15) is 0 Å². The van der Waals surface area contributed by atoms with E-state index in [0.29, 0.717) is 34.4 Å². The van der Waals surface area contributed by atoms with Crippen LogP contribution in [0, 0.1) is 0 Å². The van der Waals surface area contributed by atoms with Crippen LogP contribution in [0.5, 0.6) is 0 Å². The maximum atomic E-state index is 12.7. The molecule has 26 heavy (non-hydrogen) atoms. The second-order valence-corrected chi connectivity index (χ2v) is 6.68. The first-order valence-electron chi connectivity index (χ1n) is 9.24. The van der Waals surface area contributed by atoms with Crippen molar-refractivity contribution in [3.63, 3.8) is 0 Å². The number of rotatable bonds is 7. The van der Waals surface area contributed by atoms with Crippen LogP contribution in [0.25, 0.3) is 0 Å². The van der Waals surface area contributed by atoms with Gasteiger partial charge in [0.25, 0.3) is 0 Å². The molecule has 0 saturated carbocycles. The third-order valence-electron chi connectivity index (χ3n) is 4.72. The van der Waals surface area contributed by atoms with Crippen molar-refractivity contribution in [3.8, 4) is 0 Å². The Labute approximate surface area is 153 Å². The SMILES string of the molecule is CCCCCCCC(=O)Nc1ccc2c(c1)C(=O)c1ccccc1C2=O. The quantitative estimate of drug-likeness (QED) is 0.625. The molecule has 4 heteroatoms. The van der Waals surface area contributed by atoms with Gasteiger partial charge in [0.2, 0.25) is 5.91 Å². The van der Waals surface area contributed by atoms with Crippen LogP contribution in [-0.2, 0) is 4.79 Å². The molecule has 0 bridgehead atoms. The van der Waals surface area contributed by atoms with Crippen molar-refractivity contribution in [1.82, 2.24) is 0 Å². The number of carbonyl (C=O) groups is 3. The molecule has 2 aromatic carbocycles. The number of benzene rings is 2. The second kappa shape index (κ2) is 8.09. The summed E-state index contributed by atoms with van der Waals surface area (Å²) >= 11 is 0. The molecule has 0 fully saturated rings. The molecule has 0 heterocycles. The van der Waals surface area contributed by atoms with E-state index in [-0.39, 0.29) is 17.5 Å². The standard InChI is InChI=1S/C22H23NO3/c1-2-3-4-5-6-11-20(24)23-15-12-13-18-19(14-15)22(26)17-10-8-7-9-16(17)21(18)25/h7-10,12-14H,2-6,11H2,1H3,(H,23,24). The molecule has 1 aliphatic rings. The van der Waals surface area contributed by atoms with Crippen molar-refractivity contribution < 1.29 is 14.4 Å². The van der Waals surface area contributed by atoms with Gasteiger partial charge in [-0.1, -0.05) is 56.9 Å². The molecule has 1 amide bonds. The summed E-state index contributed by atoms with van der Waals surface area (Å²) in [5.41, 5.74) is 2.17. The fraction of sp³-hybridized carbons (Fsp3) is 0.318. The minimum atomic E-state index is -0.175. The van der Waals surface area contributed by atoms with Crippen LogP contribution in [0.2, 0.25) is 0 Å². The Bertz CT molecular complexity index is 854. The average molecular weight is 349 g/mol. The molecular formula is C22H23NO3. The van der Waals surface area contributed by atoms with E-state index in [1.54, 1.807) is 42.5 Å². The summed E-state index contributed by atoms with van der Waals surface area (Å²) in [6.07, 6.45) is 5.91. The van der Waals surface area contributed by atoms with Gasteiger partial charge in [-0.15, -0.1) is 0 Å². The lowest BCUT2D eigenvalue weighted by Gasteiger charge is -2.18. The zero-order chi connectivity index (χ0) is 18.5. The van der Waals surface area contributed by atoms with Crippen molar-refractivity contribution in [1.29, 1.82) is 0 Å². The minimum absolute atomic E-state index is 0.0589. The first kappa shape index (κ1) is 18.1. The van der Waals surface area contributed by atoms with E-state index in [4.69, 9.17) is 0 Å². The fourth-order valence-corrected chi connectivity index (χ4v) is 3.29. The molecule has 1 N–H and O–H groups in total. The molecular weight excluding hydrogens is 326 g/mol. The van der Waals surface area contributed by atoms with Crippen LogP contribution >= 0.6 is 0 Å². The first-order chi connectivity index (χ1) is 12.6. The zero-order valence-corrected chi connectivity index (χ0v) is 15.0. The summed E-state index contributed by atoms with van der Waals surface area (Å²) < 4.78 is 0. The van der Waals surface area contributed by atoms with Crippen LogP contribution in [0.15, 0.2) is 42.5 Å². The molecule has 3 rings (SSSR count). The van der Waals surface area contributed by atoms with Gasteiger partial charge >= 0.3 is 0 Å². The Morgan fingerprint density at radius 3 is 2.12 bits per heavy atom. The predicted octanol–water partition coefficient (Wildman–Crippen LogP) is 4.76. The van der Waals surface area contributed by atoms with Gasteiger partial charge in [0.15, 0.2) is 11.6 Å². The molecule has 1 aliphatic carbocycles. The largest absolute Gasteiger partial charge is 0.326 e. The topological polar surface area (TPSA) is 63.2 Å². The van der Waals surface area contributed by atoms with Crippen molar-refractivity contribution in [2.45, 2.75) is 45.4 Å². The van der Waals surface area contributed by atoms with E-state index < -0.39 is 0 Å². The highest BCUT2D eigenvalue weighted by molar-refractivity contribution is 6.28. The number of ketones is 2. The zero-order valence-electron chi connectivity index (χ0n) is 15.0. The molecule has 0 aromatic heterocycles. The van der Waals surface area contributed by atoms with Crippen LogP contribution in [0.3, 0.4) is 0 Å². The third kappa shape index (κ3) is 3.74. The summed E-state index contributed by atoms with van der Waals surface area (Å²) in [6.45, 7) is 2.16. The normalized spacial score (nSPS) is 12.5. The predicted molar refractivity (Wildman–Crippen MR) is 102 cm³/mol. The smallest absolute Gasteiger partial charge is 0.224 e. The highest BCUT2D eigenvalue weighted by atomic mass is 16.2. The fourth-order valence-electron chi connectivity index (χ4n) is 3.29. The van der Waals surface area contributed by atoms with Crippen LogP contribution < -0.4 is 5.32 Å². The van der Waals surface area contributed by atoms with E-state index >= 15 is 0 Å².